The largest absolute Gasteiger partial charge is 0.473 e. The molecule has 1 aromatic heterocycles. The standard InChI is InChI=1S/C10H12FN3O/c1-14-9-3-2-7(12)6-8(9)10(13-14)15-5-4-11/h2-3,6H,4-5,12H2,1H3. The molecule has 0 spiro atoms. The molecule has 0 atom stereocenters. The van der Waals surface area contributed by atoms with Gasteiger partial charge in [0.15, 0.2) is 0 Å². The molecule has 0 bridgehead atoms. The van der Waals surface area contributed by atoms with E-state index < -0.39 is 6.67 Å². The molecule has 2 rings (SSSR count). The molecule has 4 nitrogen and oxygen atoms in total. The van der Waals surface area contributed by atoms with Crippen LogP contribution < -0.4 is 10.5 Å². The van der Waals surface area contributed by atoms with Crippen LogP contribution in [0.5, 0.6) is 5.88 Å². The van der Waals surface area contributed by atoms with E-state index in [4.69, 9.17) is 10.5 Å². The van der Waals surface area contributed by atoms with Crippen LogP contribution >= 0.6 is 0 Å². The van der Waals surface area contributed by atoms with Crippen LogP contribution in [0.3, 0.4) is 0 Å². The first kappa shape index (κ1) is 9.76. The van der Waals surface area contributed by atoms with E-state index in [-0.39, 0.29) is 6.61 Å². The van der Waals surface area contributed by atoms with Crippen LogP contribution in [0.2, 0.25) is 0 Å². The molecular formula is C10H12FN3O. The van der Waals surface area contributed by atoms with Crippen LogP contribution in [0.25, 0.3) is 10.9 Å². The van der Waals surface area contributed by atoms with Crippen molar-refractivity contribution in [3.63, 3.8) is 0 Å². The highest BCUT2D eigenvalue weighted by molar-refractivity contribution is 5.87. The van der Waals surface area contributed by atoms with Crippen LogP contribution in [0.1, 0.15) is 0 Å². The average Bonchev–Trinajstić information content (AvgIpc) is 2.52. The minimum absolute atomic E-state index is 0.0148. The van der Waals surface area contributed by atoms with E-state index in [1.165, 1.54) is 0 Å². The molecule has 0 aliphatic carbocycles. The smallest absolute Gasteiger partial charge is 0.240 e. The van der Waals surface area contributed by atoms with Crippen molar-refractivity contribution >= 4 is 16.6 Å². The molecule has 0 fully saturated rings. The van der Waals surface area contributed by atoms with E-state index in [0.29, 0.717) is 11.6 Å². The van der Waals surface area contributed by atoms with E-state index in [1.807, 2.05) is 6.07 Å². The summed E-state index contributed by atoms with van der Waals surface area (Å²) in [6, 6.07) is 5.43. The second-order valence-electron chi connectivity index (χ2n) is 3.24. The van der Waals surface area contributed by atoms with Gasteiger partial charge in [0.1, 0.15) is 13.3 Å². The van der Waals surface area contributed by atoms with Crippen LogP contribution in [0, 0.1) is 0 Å². The Hall–Kier alpha value is -1.78. The highest BCUT2D eigenvalue weighted by Crippen LogP contribution is 2.26. The predicted molar refractivity (Wildman–Crippen MR) is 56.6 cm³/mol. The number of nitrogen functional groups attached to an aromatic ring is 1. The molecule has 5 heteroatoms. The highest BCUT2D eigenvalue weighted by atomic mass is 19.1. The van der Waals surface area contributed by atoms with Gasteiger partial charge in [0.25, 0.3) is 0 Å². The Balaban J connectivity index is 2.49. The Morgan fingerprint density at radius 2 is 2.33 bits per heavy atom. The lowest BCUT2D eigenvalue weighted by molar-refractivity contribution is 0.265. The molecule has 0 aliphatic heterocycles. The summed E-state index contributed by atoms with van der Waals surface area (Å²) in [5, 5.41) is 4.95. The molecule has 15 heavy (non-hydrogen) atoms. The summed E-state index contributed by atoms with van der Waals surface area (Å²) in [7, 11) is 1.81. The maximum Gasteiger partial charge on any atom is 0.240 e. The van der Waals surface area contributed by atoms with Gasteiger partial charge >= 0.3 is 0 Å². The van der Waals surface area contributed by atoms with Crippen LogP contribution in [0.4, 0.5) is 10.1 Å². The third-order valence-corrected chi connectivity index (χ3v) is 2.16. The van der Waals surface area contributed by atoms with Gasteiger partial charge in [-0.05, 0) is 18.2 Å². The molecule has 0 saturated heterocycles. The molecular weight excluding hydrogens is 197 g/mol. The predicted octanol–water partition coefficient (Wildman–Crippen LogP) is 1.50. The Labute approximate surface area is 86.4 Å². The number of alkyl halides is 1. The van der Waals surface area contributed by atoms with Crippen LogP contribution in [-0.4, -0.2) is 23.1 Å². The Bertz CT molecular complexity index is 481. The second-order valence-corrected chi connectivity index (χ2v) is 3.24. The fraction of sp³-hybridized carbons (Fsp3) is 0.300. The zero-order chi connectivity index (χ0) is 10.8. The monoisotopic (exact) mass is 209 g/mol. The van der Waals surface area contributed by atoms with Crippen LogP contribution in [0.15, 0.2) is 18.2 Å². The Kier molecular flexibility index (Phi) is 2.45. The molecule has 0 radical (unpaired) electrons. The van der Waals surface area contributed by atoms with Crippen molar-refractivity contribution in [3.05, 3.63) is 18.2 Å². The maximum atomic E-state index is 12.0. The molecule has 0 aliphatic rings. The van der Waals surface area contributed by atoms with Crippen LogP contribution in [-0.2, 0) is 7.05 Å². The van der Waals surface area contributed by atoms with Gasteiger partial charge in [-0.3, -0.25) is 4.68 Å². The number of nitrogens with two attached hydrogens (primary N) is 1. The fourth-order valence-electron chi connectivity index (χ4n) is 1.49. The Morgan fingerprint density at radius 1 is 1.53 bits per heavy atom. The number of anilines is 1. The van der Waals surface area contributed by atoms with E-state index in [1.54, 1.807) is 23.9 Å². The van der Waals surface area contributed by atoms with Crippen molar-refractivity contribution in [2.75, 3.05) is 19.0 Å². The van der Waals surface area contributed by atoms with E-state index in [9.17, 15) is 4.39 Å². The number of fused-ring (bicyclic) bond motifs is 1. The van der Waals surface area contributed by atoms with Gasteiger partial charge in [-0.15, -0.1) is 5.10 Å². The summed E-state index contributed by atoms with van der Waals surface area (Å²) in [4.78, 5) is 0. The number of ether oxygens (including phenoxy) is 1. The van der Waals surface area contributed by atoms with Gasteiger partial charge in [-0.2, -0.15) is 0 Å². The fourth-order valence-corrected chi connectivity index (χ4v) is 1.49. The SMILES string of the molecule is Cn1nc(OCCF)c2cc(N)ccc21. The number of hydrogen-bond donors (Lipinski definition) is 1. The molecule has 0 unspecified atom stereocenters. The van der Waals surface area contributed by atoms with Crippen molar-refractivity contribution in [1.82, 2.24) is 9.78 Å². The minimum Gasteiger partial charge on any atom is -0.473 e. The molecule has 1 heterocycles. The first-order valence-electron chi connectivity index (χ1n) is 4.63. The van der Waals surface area contributed by atoms with Gasteiger partial charge in [0, 0.05) is 12.7 Å². The molecule has 2 N–H and O–H groups in total. The lowest BCUT2D eigenvalue weighted by Gasteiger charge is -1.99. The summed E-state index contributed by atoms with van der Waals surface area (Å²) in [6.45, 7) is -0.513. The number of rotatable bonds is 3. The molecule has 2 aromatic rings. The van der Waals surface area contributed by atoms with Crippen molar-refractivity contribution in [1.29, 1.82) is 0 Å². The molecule has 0 amide bonds. The number of aryl methyl sites for hydroxylation is 1. The van der Waals surface area contributed by atoms with Crippen molar-refractivity contribution in [2.45, 2.75) is 0 Å². The molecule has 80 valence electrons. The number of benzene rings is 1. The summed E-state index contributed by atoms with van der Waals surface area (Å²) < 4.78 is 18.8. The van der Waals surface area contributed by atoms with E-state index in [0.717, 1.165) is 10.9 Å². The van der Waals surface area contributed by atoms with Crippen molar-refractivity contribution < 1.29 is 9.13 Å². The van der Waals surface area contributed by atoms with Crippen molar-refractivity contribution in [2.24, 2.45) is 7.05 Å². The molecule has 1 aromatic carbocycles. The van der Waals surface area contributed by atoms with Crippen molar-refractivity contribution in [3.8, 4) is 5.88 Å². The average molecular weight is 209 g/mol. The zero-order valence-electron chi connectivity index (χ0n) is 8.40. The first-order chi connectivity index (χ1) is 7.22. The normalized spacial score (nSPS) is 10.8. The highest BCUT2D eigenvalue weighted by Gasteiger charge is 2.09. The third-order valence-electron chi connectivity index (χ3n) is 2.16. The number of aromatic nitrogens is 2. The number of hydrogen-bond acceptors (Lipinski definition) is 3. The van der Waals surface area contributed by atoms with E-state index >= 15 is 0 Å². The van der Waals surface area contributed by atoms with Gasteiger partial charge < -0.3 is 10.5 Å². The number of nitrogens with zero attached hydrogens (tertiary/aromatic N) is 2. The van der Waals surface area contributed by atoms with Gasteiger partial charge in [0.2, 0.25) is 5.88 Å². The quantitative estimate of drug-likeness (QED) is 0.779. The topological polar surface area (TPSA) is 53.1 Å². The van der Waals surface area contributed by atoms with Gasteiger partial charge in [0.05, 0.1) is 10.9 Å². The van der Waals surface area contributed by atoms with Gasteiger partial charge in [-0.25, -0.2) is 4.39 Å². The summed E-state index contributed by atoms with van der Waals surface area (Å²) >= 11 is 0. The first-order valence-corrected chi connectivity index (χ1v) is 4.63. The number of halogens is 1. The van der Waals surface area contributed by atoms with E-state index in [2.05, 4.69) is 5.10 Å². The van der Waals surface area contributed by atoms with Gasteiger partial charge in [-0.1, -0.05) is 0 Å². The third kappa shape index (κ3) is 1.72. The Morgan fingerprint density at radius 3 is 3.07 bits per heavy atom. The lowest BCUT2D eigenvalue weighted by atomic mass is 10.2. The summed E-state index contributed by atoms with van der Waals surface area (Å²) in [5.74, 6) is 0.428. The lowest BCUT2D eigenvalue weighted by Crippen LogP contribution is -2.00. The minimum atomic E-state index is -0.527. The maximum absolute atomic E-state index is 12.0. The summed E-state index contributed by atoms with van der Waals surface area (Å²) in [6.07, 6.45) is 0. The zero-order valence-corrected chi connectivity index (χ0v) is 8.40. The summed E-state index contributed by atoms with van der Waals surface area (Å²) in [5.41, 5.74) is 7.22. The molecule has 0 saturated carbocycles. The second kappa shape index (κ2) is 3.76.